The Kier molecular flexibility index (Phi) is 13.0. The molecule has 1 heterocycles. The number of hydrogen-bond donors (Lipinski definition) is 3. The maximum atomic E-state index is 15.8. The van der Waals surface area contributed by atoms with Gasteiger partial charge in [-0.2, -0.15) is 0 Å². The molecule has 0 saturated heterocycles. The summed E-state index contributed by atoms with van der Waals surface area (Å²) < 4.78 is 37.6. The van der Waals surface area contributed by atoms with Crippen LogP contribution in [0.2, 0.25) is 0 Å². The standard InChI is InChI=1S/C38H44FN3O7/c1-23-25(16-32(39)26-14-15-27(35(17-26)47-5)20-42(3)34(21-43)37(44)45)10-8-11-29(23)30-12-9-13-33(24(30)2)41-36-18-28(22-46-4)31(19-40-36)38(48-6)49-7/h8-19,34,38,43H,20-22H2,1-7H3,(H,40,41)(H,44,45)/b32-16-/t34-/m1/s1. The Balaban J connectivity index is 1.62. The van der Waals surface area contributed by atoms with Crippen LogP contribution in [0.15, 0.2) is 66.9 Å². The van der Waals surface area contributed by atoms with Gasteiger partial charge < -0.3 is 34.5 Å². The predicted molar refractivity (Wildman–Crippen MR) is 188 cm³/mol. The van der Waals surface area contributed by atoms with E-state index in [9.17, 15) is 15.0 Å². The fourth-order valence-corrected chi connectivity index (χ4v) is 5.75. The molecule has 3 N–H and O–H groups in total. The van der Waals surface area contributed by atoms with E-state index < -0.39 is 30.7 Å². The fraction of sp³-hybridized carbons (Fsp3) is 0.316. The third kappa shape index (κ3) is 8.69. The van der Waals surface area contributed by atoms with Crippen LogP contribution in [0.5, 0.6) is 5.75 Å². The highest BCUT2D eigenvalue weighted by atomic mass is 19.1. The third-order valence-electron chi connectivity index (χ3n) is 8.52. The Bertz CT molecular complexity index is 1790. The first-order chi connectivity index (χ1) is 23.6. The molecular formula is C38H44FN3O7. The Morgan fingerprint density at radius 1 is 0.980 bits per heavy atom. The maximum absolute atomic E-state index is 15.8. The van der Waals surface area contributed by atoms with Crippen molar-refractivity contribution in [2.75, 3.05) is 47.4 Å². The van der Waals surface area contributed by atoms with Gasteiger partial charge in [-0.25, -0.2) is 9.37 Å². The molecule has 3 aromatic carbocycles. The summed E-state index contributed by atoms with van der Waals surface area (Å²) in [6.45, 7) is 4.01. The zero-order chi connectivity index (χ0) is 35.7. The average molecular weight is 674 g/mol. The van der Waals surface area contributed by atoms with Crippen LogP contribution in [-0.2, 0) is 32.2 Å². The van der Waals surface area contributed by atoms with E-state index in [-0.39, 0.29) is 6.54 Å². The van der Waals surface area contributed by atoms with Crippen molar-refractivity contribution in [3.63, 3.8) is 0 Å². The van der Waals surface area contributed by atoms with Gasteiger partial charge in [0.05, 0.1) is 20.3 Å². The van der Waals surface area contributed by atoms with Crippen LogP contribution in [0.1, 0.15) is 45.2 Å². The summed E-state index contributed by atoms with van der Waals surface area (Å²) >= 11 is 0. The molecule has 0 bridgehead atoms. The number of aromatic nitrogens is 1. The number of nitrogens with one attached hydrogen (secondary N) is 1. The summed E-state index contributed by atoms with van der Waals surface area (Å²) in [5.41, 5.74) is 8.09. The SMILES string of the molecule is COCc1cc(Nc2cccc(-c3cccc(/C=C(\F)c4ccc(CN(C)[C@H](CO)C(=O)O)c(OC)c4)c3C)c2C)ncc1C(OC)OC. The van der Waals surface area contributed by atoms with Gasteiger partial charge in [0.15, 0.2) is 6.29 Å². The monoisotopic (exact) mass is 673 g/mol. The van der Waals surface area contributed by atoms with Crippen molar-refractivity contribution in [1.82, 2.24) is 9.88 Å². The first-order valence-electron chi connectivity index (χ1n) is 15.6. The number of carboxylic acids is 1. The fourth-order valence-electron chi connectivity index (χ4n) is 5.75. The number of nitrogens with zero attached hydrogens (tertiary/aromatic N) is 2. The highest BCUT2D eigenvalue weighted by Crippen LogP contribution is 2.35. The van der Waals surface area contributed by atoms with E-state index >= 15 is 4.39 Å². The first-order valence-corrected chi connectivity index (χ1v) is 15.6. The summed E-state index contributed by atoms with van der Waals surface area (Å²) in [4.78, 5) is 17.6. The van der Waals surface area contributed by atoms with Gasteiger partial charge in [-0.3, -0.25) is 9.69 Å². The largest absolute Gasteiger partial charge is 0.496 e. The zero-order valence-corrected chi connectivity index (χ0v) is 28.9. The van der Waals surface area contributed by atoms with Crippen LogP contribution < -0.4 is 10.1 Å². The van der Waals surface area contributed by atoms with Crippen LogP contribution in [0.3, 0.4) is 0 Å². The Hall–Kier alpha value is -4.65. The number of pyridine rings is 1. The van der Waals surface area contributed by atoms with E-state index in [1.807, 2.05) is 56.3 Å². The molecule has 49 heavy (non-hydrogen) atoms. The van der Waals surface area contributed by atoms with Crippen molar-refractivity contribution < 1.29 is 38.3 Å². The lowest BCUT2D eigenvalue weighted by molar-refractivity contribution is -0.144. The van der Waals surface area contributed by atoms with Gasteiger partial charge in [-0.15, -0.1) is 0 Å². The van der Waals surface area contributed by atoms with Crippen molar-refractivity contribution in [3.05, 3.63) is 106 Å². The van der Waals surface area contributed by atoms with E-state index in [1.165, 1.54) is 18.1 Å². The molecule has 0 aliphatic heterocycles. The van der Waals surface area contributed by atoms with E-state index in [1.54, 1.807) is 52.8 Å². The number of aliphatic hydroxyl groups excluding tert-OH is 1. The van der Waals surface area contributed by atoms with E-state index in [2.05, 4.69) is 10.3 Å². The summed E-state index contributed by atoms with van der Waals surface area (Å²) in [6, 6.07) is 17.5. The highest BCUT2D eigenvalue weighted by molar-refractivity contribution is 5.84. The van der Waals surface area contributed by atoms with Crippen molar-refractivity contribution in [1.29, 1.82) is 0 Å². The summed E-state index contributed by atoms with van der Waals surface area (Å²) in [5.74, 6) is -0.528. The molecule has 10 nitrogen and oxygen atoms in total. The van der Waals surface area contributed by atoms with Gasteiger partial charge >= 0.3 is 5.97 Å². The van der Waals surface area contributed by atoms with Crippen LogP contribution >= 0.6 is 0 Å². The smallest absolute Gasteiger partial charge is 0.323 e. The number of aliphatic hydroxyl groups is 1. The van der Waals surface area contributed by atoms with Crippen LogP contribution in [0.4, 0.5) is 15.9 Å². The predicted octanol–water partition coefficient (Wildman–Crippen LogP) is 6.90. The molecule has 0 aliphatic carbocycles. The molecule has 4 aromatic rings. The number of halogens is 1. The molecule has 260 valence electrons. The van der Waals surface area contributed by atoms with E-state index in [4.69, 9.17) is 18.9 Å². The third-order valence-corrected chi connectivity index (χ3v) is 8.52. The number of methoxy groups -OCH3 is 4. The number of aliphatic carboxylic acids is 1. The second kappa shape index (κ2) is 17.1. The van der Waals surface area contributed by atoms with Gasteiger partial charge in [0.25, 0.3) is 0 Å². The van der Waals surface area contributed by atoms with Crippen molar-refractivity contribution in [2.45, 2.75) is 39.3 Å². The molecule has 0 unspecified atom stereocenters. The van der Waals surface area contributed by atoms with E-state index in [0.29, 0.717) is 29.3 Å². The lowest BCUT2D eigenvalue weighted by Crippen LogP contribution is -2.40. The van der Waals surface area contributed by atoms with Gasteiger partial charge in [0.1, 0.15) is 23.4 Å². The number of ether oxygens (including phenoxy) is 4. The lowest BCUT2D eigenvalue weighted by atomic mass is 9.92. The molecule has 0 radical (unpaired) electrons. The lowest BCUT2D eigenvalue weighted by Gasteiger charge is -2.23. The number of likely N-dealkylation sites (N-methyl/N-ethyl adjacent to an activating group) is 1. The number of carbonyl (C=O) groups is 1. The Labute approximate surface area is 286 Å². The highest BCUT2D eigenvalue weighted by Gasteiger charge is 2.23. The molecule has 0 amide bonds. The molecule has 0 spiro atoms. The van der Waals surface area contributed by atoms with Crippen molar-refractivity contribution in [3.8, 4) is 16.9 Å². The van der Waals surface area contributed by atoms with Crippen LogP contribution in [-0.4, -0.2) is 74.2 Å². The number of benzene rings is 3. The van der Waals surface area contributed by atoms with Crippen LogP contribution in [0.25, 0.3) is 23.0 Å². The molecule has 0 aliphatic rings. The minimum atomic E-state index is -1.13. The Morgan fingerprint density at radius 3 is 2.31 bits per heavy atom. The van der Waals surface area contributed by atoms with Crippen molar-refractivity contribution in [2.24, 2.45) is 0 Å². The molecule has 1 aromatic heterocycles. The van der Waals surface area contributed by atoms with Gasteiger partial charge in [0, 0.05) is 56.4 Å². The number of rotatable bonds is 16. The first kappa shape index (κ1) is 37.2. The topological polar surface area (TPSA) is 123 Å². The molecule has 0 fully saturated rings. The van der Waals surface area contributed by atoms with Gasteiger partial charge in [-0.1, -0.05) is 42.5 Å². The number of hydrogen-bond acceptors (Lipinski definition) is 9. The van der Waals surface area contributed by atoms with Crippen LogP contribution in [0, 0.1) is 13.8 Å². The summed E-state index contributed by atoms with van der Waals surface area (Å²) in [7, 11) is 7.85. The minimum absolute atomic E-state index is 0.193. The van der Waals surface area contributed by atoms with Crippen molar-refractivity contribution >= 4 is 29.4 Å². The second-order valence-corrected chi connectivity index (χ2v) is 11.6. The maximum Gasteiger partial charge on any atom is 0.323 e. The normalized spacial score (nSPS) is 12.4. The summed E-state index contributed by atoms with van der Waals surface area (Å²) in [5, 5.41) is 22.3. The zero-order valence-electron chi connectivity index (χ0n) is 28.9. The quantitative estimate of drug-likeness (QED) is 0.0855. The van der Waals surface area contributed by atoms with Gasteiger partial charge in [0.2, 0.25) is 0 Å². The van der Waals surface area contributed by atoms with Gasteiger partial charge in [-0.05, 0) is 78.6 Å². The second-order valence-electron chi connectivity index (χ2n) is 11.6. The van der Waals surface area contributed by atoms with E-state index in [0.717, 1.165) is 44.6 Å². The molecule has 0 saturated carbocycles. The summed E-state index contributed by atoms with van der Waals surface area (Å²) in [6.07, 6.45) is 2.65. The molecule has 11 heteroatoms. The Morgan fingerprint density at radius 2 is 1.67 bits per heavy atom. The molecular weight excluding hydrogens is 629 g/mol. The minimum Gasteiger partial charge on any atom is -0.496 e. The molecule has 1 atom stereocenters. The average Bonchev–Trinajstić information content (AvgIpc) is 3.08. The number of anilines is 2. The molecule has 4 rings (SSSR count). The number of carboxylic acid groups (broad SMARTS) is 1.